The average Bonchev–Trinajstić information content (AvgIpc) is 2.89. The van der Waals surface area contributed by atoms with E-state index in [2.05, 4.69) is 0 Å². The van der Waals surface area contributed by atoms with Crippen molar-refractivity contribution in [1.29, 1.82) is 0 Å². The topological polar surface area (TPSA) is 25.1 Å². The minimum atomic E-state index is 0.636. The molecule has 0 N–H and O–H groups in total. The van der Waals surface area contributed by atoms with Gasteiger partial charge in [-0.15, -0.1) is 0 Å². The molecule has 2 atom stereocenters. The lowest BCUT2D eigenvalue weighted by Gasteiger charge is -1.97. The third-order valence-corrected chi connectivity index (χ3v) is 2.61. The van der Waals surface area contributed by atoms with Crippen LogP contribution in [-0.2, 0) is 9.47 Å². The van der Waals surface area contributed by atoms with Gasteiger partial charge < -0.3 is 9.47 Å². The lowest BCUT2D eigenvalue weighted by molar-refractivity contribution is 0.378. The van der Waals surface area contributed by atoms with E-state index >= 15 is 0 Å². The first-order chi connectivity index (χ1) is 5.95. The zero-order valence-electron chi connectivity index (χ0n) is 7.63. The van der Waals surface area contributed by atoms with Crippen molar-refractivity contribution in [3.8, 4) is 0 Å². The van der Waals surface area contributed by atoms with Crippen molar-refractivity contribution >= 4 is 0 Å². The van der Waals surface area contributed by atoms with E-state index in [1.807, 2.05) is 0 Å². The SMILES string of the molecule is C(CCC[C@@H]1CO1)CCC1CO1. The van der Waals surface area contributed by atoms with Gasteiger partial charge in [0.25, 0.3) is 0 Å². The molecule has 0 amide bonds. The van der Waals surface area contributed by atoms with E-state index < -0.39 is 0 Å². The number of hydrogen-bond donors (Lipinski definition) is 0. The van der Waals surface area contributed by atoms with E-state index in [4.69, 9.17) is 9.47 Å². The number of unbranched alkanes of at least 4 members (excludes halogenated alkanes) is 3. The van der Waals surface area contributed by atoms with Gasteiger partial charge in [0.2, 0.25) is 0 Å². The number of rotatable bonds is 7. The van der Waals surface area contributed by atoms with Gasteiger partial charge in [-0.25, -0.2) is 0 Å². The van der Waals surface area contributed by atoms with Crippen LogP contribution in [0.5, 0.6) is 0 Å². The lowest BCUT2D eigenvalue weighted by Crippen LogP contribution is -1.88. The number of epoxide rings is 2. The van der Waals surface area contributed by atoms with Gasteiger partial charge in [-0.05, 0) is 12.8 Å². The third kappa shape index (κ3) is 3.55. The Hall–Kier alpha value is -0.0800. The second-order valence-corrected chi connectivity index (χ2v) is 3.90. The van der Waals surface area contributed by atoms with Crippen LogP contribution in [0.3, 0.4) is 0 Å². The van der Waals surface area contributed by atoms with Crippen LogP contribution in [0.2, 0.25) is 0 Å². The van der Waals surface area contributed by atoms with Crippen LogP contribution in [0, 0.1) is 0 Å². The summed E-state index contributed by atoms with van der Waals surface area (Å²) in [6, 6.07) is 0. The summed E-state index contributed by atoms with van der Waals surface area (Å²) in [5.41, 5.74) is 0. The standard InChI is InChI=1S/C10H18O2/c1(3-5-9-7-11-9)2-4-6-10-8-12-10/h9-10H,1-8H2/t9-,10?/m1/s1. The molecular weight excluding hydrogens is 152 g/mol. The molecular formula is C10H18O2. The Balaban J connectivity index is 1.31. The zero-order chi connectivity index (χ0) is 8.23. The van der Waals surface area contributed by atoms with Crippen LogP contribution in [0.25, 0.3) is 0 Å². The molecule has 0 spiro atoms. The van der Waals surface area contributed by atoms with Crippen LogP contribution >= 0.6 is 0 Å². The highest BCUT2D eigenvalue weighted by atomic mass is 16.6. The highest BCUT2D eigenvalue weighted by Gasteiger charge is 2.22. The van der Waals surface area contributed by atoms with Crippen molar-refractivity contribution in [2.75, 3.05) is 13.2 Å². The molecule has 2 heteroatoms. The first-order valence-electron chi connectivity index (χ1n) is 5.18. The van der Waals surface area contributed by atoms with E-state index in [0.29, 0.717) is 12.2 Å². The maximum atomic E-state index is 5.14. The second-order valence-electron chi connectivity index (χ2n) is 3.90. The first-order valence-corrected chi connectivity index (χ1v) is 5.18. The Morgan fingerprint density at radius 2 is 1.17 bits per heavy atom. The fourth-order valence-corrected chi connectivity index (χ4v) is 1.57. The van der Waals surface area contributed by atoms with Crippen LogP contribution in [0.4, 0.5) is 0 Å². The molecule has 2 fully saturated rings. The fraction of sp³-hybridized carbons (Fsp3) is 1.00. The average molecular weight is 170 g/mol. The van der Waals surface area contributed by atoms with E-state index in [0.717, 1.165) is 13.2 Å². The zero-order valence-corrected chi connectivity index (χ0v) is 7.63. The van der Waals surface area contributed by atoms with Gasteiger partial charge in [-0.1, -0.05) is 25.7 Å². The second kappa shape index (κ2) is 4.24. The molecule has 2 rings (SSSR count). The first kappa shape index (κ1) is 8.52. The quantitative estimate of drug-likeness (QED) is 0.432. The molecule has 2 saturated heterocycles. The number of ether oxygens (including phenoxy) is 2. The fourth-order valence-electron chi connectivity index (χ4n) is 1.57. The van der Waals surface area contributed by atoms with Gasteiger partial charge in [-0.3, -0.25) is 0 Å². The summed E-state index contributed by atoms with van der Waals surface area (Å²) >= 11 is 0. The largest absolute Gasteiger partial charge is 0.373 e. The van der Waals surface area contributed by atoms with Gasteiger partial charge in [0.15, 0.2) is 0 Å². The molecule has 0 aliphatic carbocycles. The monoisotopic (exact) mass is 170 g/mol. The van der Waals surface area contributed by atoms with Gasteiger partial charge in [0, 0.05) is 0 Å². The Kier molecular flexibility index (Phi) is 3.01. The maximum absolute atomic E-state index is 5.14. The van der Waals surface area contributed by atoms with Crippen LogP contribution in [0.15, 0.2) is 0 Å². The summed E-state index contributed by atoms with van der Waals surface area (Å²) in [5, 5.41) is 0. The molecule has 2 nitrogen and oxygen atoms in total. The molecule has 1 unspecified atom stereocenters. The van der Waals surface area contributed by atoms with Crippen molar-refractivity contribution in [2.45, 2.75) is 50.7 Å². The molecule has 0 aromatic rings. The summed E-state index contributed by atoms with van der Waals surface area (Å²) in [6.45, 7) is 2.05. The Morgan fingerprint density at radius 1 is 0.750 bits per heavy atom. The van der Waals surface area contributed by atoms with E-state index in [-0.39, 0.29) is 0 Å². The smallest absolute Gasteiger partial charge is 0.0810 e. The minimum absolute atomic E-state index is 0.636. The van der Waals surface area contributed by atoms with E-state index in [9.17, 15) is 0 Å². The van der Waals surface area contributed by atoms with Crippen molar-refractivity contribution < 1.29 is 9.47 Å². The van der Waals surface area contributed by atoms with Crippen molar-refractivity contribution in [2.24, 2.45) is 0 Å². The summed E-state index contributed by atoms with van der Waals surface area (Å²) in [6.07, 6.45) is 9.33. The molecule has 0 radical (unpaired) electrons. The minimum Gasteiger partial charge on any atom is -0.373 e. The Morgan fingerprint density at radius 3 is 1.50 bits per heavy atom. The molecule has 2 aliphatic heterocycles. The summed E-state index contributed by atoms with van der Waals surface area (Å²) in [7, 11) is 0. The molecule has 0 aromatic heterocycles. The summed E-state index contributed by atoms with van der Waals surface area (Å²) in [5.74, 6) is 0. The van der Waals surface area contributed by atoms with Crippen LogP contribution in [-0.4, -0.2) is 25.4 Å². The van der Waals surface area contributed by atoms with Gasteiger partial charge >= 0.3 is 0 Å². The van der Waals surface area contributed by atoms with Crippen molar-refractivity contribution in [1.82, 2.24) is 0 Å². The normalized spacial score (nSPS) is 32.0. The van der Waals surface area contributed by atoms with E-state index in [1.54, 1.807) is 0 Å². The molecule has 70 valence electrons. The highest BCUT2D eigenvalue weighted by molar-refractivity contribution is 4.70. The summed E-state index contributed by atoms with van der Waals surface area (Å²) < 4.78 is 10.3. The maximum Gasteiger partial charge on any atom is 0.0810 e. The Bertz CT molecular complexity index is 112. The Labute approximate surface area is 74.2 Å². The van der Waals surface area contributed by atoms with E-state index in [1.165, 1.54) is 38.5 Å². The lowest BCUT2D eigenvalue weighted by atomic mass is 10.1. The van der Waals surface area contributed by atoms with Gasteiger partial charge in [0.1, 0.15) is 0 Å². The third-order valence-electron chi connectivity index (χ3n) is 2.61. The predicted molar refractivity (Wildman–Crippen MR) is 47.2 cm³/mol. The molecule has 12 heavy (non-hydrogen) atoms. The molecule has 0 saturated carbocycles. The van der Waals surface area contributed by atoms with Crippen LogP contribution < -0.4 is 0 Å². The highest BCUT2D eigenvalue weighted by Crippen LogP contribution is 2.20. The van der Waals surface area contributed by atoms with Crippen molar-refractivity contribution in [3.05, 3.63) is 0 Å². The molecule has 0 bridgehead atoms. The molecule has 2 heterocycles. The van der Waals surface area contributed by atoms with Crippen LogP contribution in [0.1, 0.15) is 38.5 Å². The molecule has 2 aliphatic rings. The number of hydrogen-bond acceptors (Lipinski definition) is 2. The van der Waals surface area contributed by atoms with Gasteiger partial charge in [0.05, 0.1) is 25.4 Å². The summed E-state index contributed by atoms with van der Waals surface area (Å²) in [4.78, 5) is 0. The predicted octanol–water partition coefficient (Wildman–Crippen LogP) is 2.12. The van der Waals surface area contributed by atoms with Gasteiger partial charge in [-0.2, -0.15) is 0 Å². The molecule has 0 aromatic carbocycles. The van der Waals surface area contributed by atoms with Crippen molar-refractivity contribution in [3.63, 3.8) is 0 Å².